The van der Waals surface area contributed by atoms with E-state index in [0.29, 0.717) is 45.9 Å². The minimum Gasteiger partial charge on any atom is -0.459 e. The van der Waals surface area contributed by atoms with Gasteiger partial charge in [-0.25, -0.2) is 0 Å². The van der Waals surface area contributed by atoms with Crippen molar-refractivity contribution in [3.05, 3.63) is 0 Å². The fraction of sp³-hybridized carbons (Fsp3) is 0.917. The Morgan fingerprint density at radius 2 is 2.06 bits per heavy atom. The minimum atomic E-state index is -0.179. The highest BCUT2D eigenvalue weighted by atomic mass is 16.6. The molecule has 0 aromatic carbocycles. The van der Waals surface area contributed by atoms with Crippen molar-refractivity contribution in [3.63, 3.8) is 0 Å². The molecule has 0 aliphatic carbocycles. The molecule has 0 bridgehead atoms. The molecule has 0 radical (unpaired) electrons. The van der Waals surface area contributed by atoms with Crippen molar-refractivity contribution < 1.29 is 23.7 Å². The van der Waals surface area contributed by atoms with Crippen LogP contribution >= 0.6 is 0 Å². The van der Waals surface area contributed by atoms with Gasteiger partial charge in [0.2, 0.25) is 0 Å². The van der Waals surface area contributed by atoms with E-state index in [0.717, 1.165) is 0 Å². The molecule has 0 spiro atoms. The van der Waals surface area contributed by atoms with E-state index in [1.54, 1.807) is 0 Å². The van der Waals surface area contributed by atoms with Crippen molar-refractivity contribution in [2.45, 2.75) is 38.9 Å². The molecule has 17 heavy (non-hydrogen) atoms. The van der Waals surface area contributed by atoms with Crippen LogP contribution < -0.4 is 0 Å². The number of hydrogen-bond donors (Lipinski definition) is 0. The Balaban J connectivity index is 2.29. The third kappa shape index (κ3) is 5.48. The highest BCUT2D eigenvalue weighted by molar-refractivity contribution is 5.71. The SMILES string of the molecule is CCOCCOC(COCC)C1CCC(=O)O1. The van der Waals surface area contributed by atoms with Gasteiger partial charge in [0, 0.05) is 19.6 Å². The Bertz CT molecular complexity index is 219. The van der Waals surface area contributed by atoms with Crippen LogP contribution in [0.1, 0.15) is 26.7 Å². The average Bonchev–Trinajstić information content (AvgIpc) is 2.75. The largest absolute Gasteiger partial charge is 0.459 e. The maximum absolute atomic E-state index is 11.1. The Morgan fingerprint density at radius 1 is 1.29 bits per heavy atom. The van der Waals surface area contributed by atoms with Crippen molar-refractivity contribution in [2.75, 3.05) is 33.0 Å². The molecular formula is C12H22O5. The molecule has 0 saturated carbocycles. The number of rotatable bonds is 9. The molecule has 1 rings (SSSR count). The van der Waals surface area contributed by atoms with Crippen LogP contribution in [0.4, 0.5) is 0 Å². The van der Waals surface area contributed by atoms with E-state index in [1.165, 1.54) is 0 Å². The number of ether oxygens (including phenoxy) is 4. The molecule has 0 amide bonds. The van der Waals surface area contributed by atoms with Gasteiger partial charge in [-0.05, 0) is 20.3 Å². The highest BCUT2D eigenvalue weighted by Gasteiger charge is 2.31. The van der Waals surface area contributed by atoms with Gasteiger partial charge < -0.3 is 18.9 Å². The molecule has 100 valence electrons. The van der Waals surface area contributed by atoms with E-state index in [9.17, 15) is 4.79 Å². The molecule has 0 N–H and O–H groups in total. The summed E-state index contributed by atoms with van der Waals surface area (Å²) in [5.74, 6) is -0.148. The van der Waals surface area contributed by atoms with Gasteiger partial charge in [-0.1, -0.05) is 0 Å². The molecule has 1 fully saturated rings. The lowest BCUT2D eigenvalue weighted by molar-refractivity contribution is -0.151. The first kappa shape index (κ1) is 14.4. The van der Waals surface area contributed by atoms with Crippen molar-refractivity contribution >= 4 is 5.97 Å². The van der Waals surface area contributed by atoms with Crippen LogP contribution in [-0.2, 0) is 23.7 Å². The van der Waals surface area contributed by atoms with Crippen molar-refractivity contribution in [2.24, 2.45) is 0 Å². The molecule has 0 aromatic rings. The standard InChI is InChI=1S/C12H22O5/c1-3-14-7-8-16-11(9-15-4-2)10-5-6-12(13)17-10/h10-11H,3-9H2,1-2H3. The third-order valence-electron chi connectivity index (χ3n) is 2.58. The van der Waals surface area contributed by atoms with Crippen LogP contribution in [0.3, 0.4) is 0 Å². The normalized spacial score (nSPS) is 21.5. The molecule has 5 heteroatoms. The summed E-state index contributed by atoms with van der Waals surface area (Å²) in [6.45, 7) is 6.69. The average molecular weight is 246 g/mol. The molecule has 1 saturated heterocycles. The van der Waals surface area contributed by atoms with Crippen LogP contribution in [0, 0.1) is 0 Å². The number of hydrogen-bond acceptors (Lipinski definition) is 5. The summed E-state index contributed by atoms with van der Waals surface area (Å²) < 4.78 is 21.4. The van der Waals surface area contributed by atoms with Crippen molar-refractivity contribution in [3.8, 4) is 0 Å². The fourth-order valence-electron chi connectivity index (χ4n) is 1.71. The zero-order valence-corrected chi connectivity index (χ0v) is 10.6. The molecule has 2 unspecified atom stereocenters. The minimum absolute atomic E-state index is 0.148. The van der Waals surface area contributed by atoms with Gasteiger partial charge in [-0.2, -0.15) is 0 Å². The van der Waals surface area contributed by atoms with Crippen LogP contribution in [0.25, 0.3) is 0 Å². The summed E-state index contributed by atoms with van der Waals surface area (Å²) in [5, 5.41) is 0. The van der Waals surface area contributed by atoms with Gasteiger partial charge >= 0.3 is 5.97 Å². The first-order valence-electron chi connectivity index (χ1n) is 6.24. The smallest absolute Gasteiger partial charge is 0.306 e. The van der Waals surface area contributed by atoms with E-state index in [2.05, 4.69) is 0 Å². The first-order valence-corrected chi connectivity index (χ1v) is 6.24. The van der Waals surface area contributed by atoms with Crippen LogP contribution in [-0.4, -0.2) is 51.2 Å². The van der Waals surface area contributed by atoms with Gasteiger partial charge in [0.1, 0.15) is 12.2 Å². The van der Waals surface area contributed by atoms with Gasteiger partial charge in [0.25, 0.3) is 0 Å². The molecule has 5 nitrogen and oxygen atoms in total. The van der Waals surface area contributed by atoms with E-state index in [4.69, 9.17) is 18.9 Å². The van der Waals surface area contributed by atoms with Gasteiger partial charge in [-0.3, -0.25) is 4.79 Å². The summed E-state index contributed by atoms with van der Waals surface area (Å²) >= 11 is 0. The quantitative estimate of drug-likeness (QED) is 0.451. The van der Waals surface area contributed by atoms with Gasteiger partial charge in [-0.15, -0.1) is 0 Å². The van der Waals surface area contributed by atoms with Crippen molar-refractivity contribution in [1.82, 2.24) is 0 Å². The van der Waals surface area contributed by atoms with E-state index < -0.39 is 0 Å². The van der Waals surface area contributed by atoms with E-state index >= 15 is 0 Å². The molecular weight excluding hydrogens is 224 g/mol. The summed E-state index contributed by atoms with van der Waals surface area (Å²) in [5.41, 5.74) is 0. The Labute approximate surface area is 102 Å². The Hall–Kier alpha value is -0.650. The third-order valence-corrected chi connectivity index (χ3v) is 2.58. The summed E-state index contributed by atoms with van der Waals surface area (Å²) in [4.78, 5) is 11.1. The first-order chi connectivity index (χ1) is 8.27. The second-order valence-electron chi connectivity index (χ2n) is 3.83. The molecule has 1 heterocycles. The molecule has 1 aliphatic rings. The van der Waals surface area contributed by atoms with Crippen LogP contribution in [0.2, 0.25) is 0 Å². The summed E-state index contributed by atoms with van der Waals surface area (Å²) in [6.07, 6.45) is 0.838. The summed E-state index contributed by atoms with van der Waals surface area (Å²) in [7, 11) is 0. The predicted octanol–water partition coefficient (Wildman–Crippen LogP) is 1.15. The van der Waals surface area contributed by atoms with Gasteiger partial charge in [0.05, 0.1) is 19.8 Å². The zero-order chi connectivity index (χ0) is 12.5. The second-order valence-corrected chi connectivity index (χ2v) is 3.83. The lowest BCUT2D eigenvalue weighted by Crippen LogP contribution is -2.34. The second kappa shape index (κ2) is 8.44. The lowest BCUT2D eigenvalue weighted by atomic mass is 10.1. The Morgan fingerprint density at radius 3 is 2.65 bits per heavy atom. The Kier molecular flexibility index (Phi) is 7.16. The predicted molar refractivity (Wildman–Crippen MR) is 61.8 cm³/mol. The number of carbonyl (C=O) groups is 1. The van der Waals surface area contributed by atoms with Gasteiger partial charge in [0.15, 0.2) is 0 Å². The maximum atomic E-state index is 11.1. The number of cyclic esters (lactones) is 1. The fourth-order valence-corrected chi connectivity index (χ4v) is 1.71. The lowest BCUT2D eigenvalue weighted by Gasteiger charge is -2.22. The zero-order valence-electron chi connectivity index (χ0n) is 10.6. The maximum Gasteiger partial charge on any atom is 0.306 e. The van der Waals surface area contributed by atoms with Crippen molar-refractivity contribution in [1.29, 1.82) is 0 Å². The topological polar surface area (TPSA) is 54.0 Å². The number of carbonyl (C=O) groups excluding carboxylic acids is 1. The van der Waals surface area contributed by atoms with E-state index in [-0.39, 0.29) is 18.2 Å². The summed E-state index contributed by atoms with van der Waals surface area (Å²) in [6, 6.07) is 0. The number of esters is 1. The molecule has 0 aromatic heterocycles. The van der Waals surface area contributed by atoms with E-state index in [1.807, 2.05) is 13.8 Å². The molecule has 2 atom stereocenters. The van der Waals surface area contributed by atoms with Crippen LogP contribution in [0.15, 0.2) is 0 Å². The molecule has 1 aliphatic heterocycles. The highest BCUT2D eigenvalue weighted by Crippen LogP contribution is 2.19. The van der Waals surface area contributed by atoms with Crippen LogP contribution in [0.5, 0.6) is 0 Å². The monoisotopic (exact) mass is 246 g/mol.